The zero-order valence-electron chi connectivity index (χ0n) is 15.8. The minimum atomic E-state index is -3.62. The number of sulfonamides is 1. The topological polar surface area (TPSA) is 113 Å². The smallest absolute Gasteiger partial charge is 0.269 e. The van der Waals surface area contributed by atoms with Crippen molar-refractivity contribution < 1.29 is 18.0 Å². The predicted octanol–water partition coefficient (Wildman–Crippen LogP) is 0.962. The van der Waals surface area contributed by atoms with Gasteiger partial charge >= 0.3 is 0 Å². The molecule has 10 heteroatoms. The van der Waals surface area contributed by atoms with E-state index in [2.05, 4.69) is 15.7 Å². The lowest BCUT2D eigenvalue weighted by Crippen LogP contribution is -2.46. The number of rotatable bonds is 5. The second kappa shape index (κ2) is 8.11. The number of anilines is 1. The van der Waals surface area contributed by atoms with Gasteiger partial charge in [-0.3, -0.25) is 14.3 Å². The highest BCUT2D eigenvalue weighted by atomic mass is 32.2. The minimum Gasteiger partial charge on any atom is -0.348 e. The van der Waals surface area contributed by atoms with Crippen LogP contribution >= 0.6 is 0 Å². The fourth-order valence-corrected chi connectivity index (χ4v) is 4.63. The molecule has 1 aliphatic heterocycles. The molecule has 0 atom stereocenters. The summed E-state index contributed by atoms with van der Waals surface area (Å²) in [7, 11) is -1.92. The third-order valence-corrected chi connectivity index (χ3v) is 6.57. The van der Waals surface area contributed by atoms with Crippen molar-refractivity contribution in [2.75, 3.05) is 18.4 Å². The van der Waals surface area contributed by atoms with Crippen molar-refractivity contribution >= 4 is 27.5 Å². The van der Waals surface area contributed by atoms with E-state index in [1.807, 2.05) is 0 Å². The van der Waals surface area contributed by atoms with Gasteiger partial charge in [0.1, 0.15) is 5.69 Å². The molecule has 28 heavy (non-hydrogen) atoms. The molecule has 2 aromatic rings. The number of piperidine rings is 1. The highest BCUT2D eigenvalue weighted by molar-refractivity contribution is 7.89. The van der Waals surface area contributed by atoms with Crippen molar-refractivity contribution in [2.45, 2.75) is 30.7 Å². The molecule has 0 spiro atoms. The molecular weight excluding hydrogens is 382 g/mol. The third-order valence-electron chi connectivity index (χ3n) is 4.66. The van der Waals surface area contributed by atoms with Crippen molar-refractivity contribution in [3.63, 3.8) is 0 Å². The van der Waals surface area contributed by atoms with Crippen LogP contribution in [0.4, 0.5) is 5.69 Å². The Labute approximate surface area is 163 Å². The molecule has 0 aliphatic carbocycles. The number of nitrogens with one attached hydrogen (secondary N) is 2. The Morgan fingerprint density at radius 1 is 1.11 bits per heavy atom. The Morgan fingerprint density at radius 3 is 2.29 bits per heavy atom. The second-order valence-corrected chi connectivity index (χ2v) is 8.64. The lowest BCUT2D eigenvalue weighted by molar-refractivity contribution is -0.114. The standard InChI is InChI=1S/C18H23N5O4S/c1-13(24)20-14-3-5-16(6-4-14)28(26,27)23-11-8-15(9-12-23)21-18(25)17-7-10-19-22(17)2/h3-7,10,15H,8-9,11-12H2,1-2H3,(H,20,24)(H,21,25). The summed E-state index contributed by atoms with van der Waals surface area (Å²) in [5, 5.41) is 9.52. The number of benzene rings is 1. The molecule has 2 heterocycles. The van der Waals surface area contributed by atoms with Gasteiger partial charge in [0, 0.05) is 45.0 Å². The molecule has 0 radical (unpaired) electrons. The quantitative estimate of drug-likeness (QED) is 0.769. The van der Waals surface area contributed by atoms with Crippen molar-refractivity contribution in [1.82, 2.24) is 19.4 Å². The van der Waals surface area contributed by atoms with Crippen LogP contribution in [0.5, 0.6) is 0 Å². The number of hydrogen-bond acceptors (Lipinski definition) is 5. The number of aromatic nitrogens is 2. The van der Waals surface area contributed by atoms with E-state index < -0.39 is 10.0 Å². The van der Waals surface area contributed by atoms with E-state index in [0.29, 0.717) is 37.3 Å². The van der Waals surface area contributed by atoms with E-state index >= 15 is 0 Å². The Balaban J connectivity index is 1.59. The van der Waals surface area contributed by atoms with Gasteiger partial charge < -0.3 is 10.6 Å². The number of nitrogens with zero attached hydrogens (tertiary/aromatic N) is 3. The Bertz CT molecular complexity index is 960. The lowest BCUT2D eigenvalue weighted by atomic mass is 10.1. The van der Waals surface area contributed by atoms with Gasteiger partial charge in [0.25, 0.3) is 5.91 Å². The molecule has 1 fully saturated rings. The highest BCUT2D eigenvalue weighted by Gasteiger charge is 2.30. The molecule has 0 saturated carbocycles. The van der Waals surface area contributed by atoms with Crippen LogP contribution in [-0.2, 0) is 21.9 Å². The van der Waals surface area contributed by atoms with Crippen molar-refractivity contribution in [1.29, 1.82) is 0 Å². The summed E-state index contributed by atoms with van der Waals surface area (Å²) >= 11 is 0. The molecule has 2 amide bonds. The molecule has 1 aromatic carbocycles. The second-order valence-electron chi connectivity index (χ2n) is 6.70. The third kappa shape index (κ3) is 4.39. The van der Waals surface area contributed by atoms with Crippen LogP contribution in [0, 0.1) is 0 Å². The zero-order valence-corrected chi connectivity index (χ0v) is 16.6. The maximum atomic E-state index is 12.8. The summed E-state index contributed by atoms with van der Waals surface area (Å²) in [5.74, 6) is -0.430. The summed E-state index contributed by atoms with van der Waals surface area (Å²) in [6, 6.07) is 7.65. The van der Waals surface area contributed by atoms with E-state index in [1.54, 1.807) is 31.4 Å². The van der Waals surface area contributed by atoms with Crippen LogP contribution in [-0.4, -0.2) is 53.4 Å². The van der Waals surface area contributed by atoms with E-state index in [4.69, 9.17) is 0 Å². The maximum absolute atomic E-state index is 12.8. The molecule has 0 unspecified atom stereocenters. The predicted molar refractivity (Wildman–Crippen MR) is 103 cm³/mol. The number of carbonyl (C=O) groups is 2. The Hall–Kier alpha value is -2.72. The molecule has 9 nitrogen and oxygen atoms in total. The number of hydrogen-bond donors (Lipinski definition) is 2. The summed E-state index contributed by atoms with van der Waals surface area (Å²) in [5.41, 5.74) is 1.01. The average molecular weight is 405 g/mol. The summed E-state index contributed by atoms with van der Waals surface area (Å²) in [6.07, 6.45) is 2.63. The van der Waals surface area contributed by atoms with Gasteiger partial charge in [0.15, 0.2) is 0 Å². The van der Waals surface area contributed by atoms with Gasteiger partial charge in [-0.1, -0.05) is 0 Å². The van der Waals surface area contributed by atoms with E-state index in [-0.39, 0.29) is 22.8 Å². The minimum absolute atomic E-state index is 0.0870. The molecular formula is C18H23N5O4S. The first-order chi connectivity index (χ1) is 13.3. The van der Waals surface area contributed by atoms with Gasteiger partial charge in [-0.25, -0.2) is 8.42 Å². The molecule has 1 aliphatic rings. The number of aryl methyl sites for hydroxylation is 1. The van der Waals surface area contributed by atoms with Gasteiger partial charge in [-0.15, -0.1) is 0 Å². The SMILES string of the molecule is CC(=O)Nc1ccc(S(=O)(=O)N2CCC(NC(=O)c3ccnn3C)CC2)cc1. The van der Waals surface area contributed by atoms with E-state index in [1.165, 1.54) is 28.0 Å². The first kappa shape index (κ1) is 20.0. The van der Waals surface area contributed by atoms with Crippen LogP contribution in [0.2, 0.25) is 0 Å². The molecule has 1 aromatic heterocycles. The van der Waals surface area contributed by atoms with Crippen LogP contribution < -0.4 is 10.6 Å². The van der Waals surface area contributed by atoms with Crippen LogP contribution in [0.15, 0.2) is 41.4 Å². The molecule has 3 rings (SSSR count). The molecule has 2 N–H and O–H groups in total. The molecule has 0 bridgehead atoms. The first-order valence-corrected chi connectivity index (χ1v) is 10.4. The lowest BCUT2D eigenvalue weighted by Gasteiger charge is -2.31. The molecule has 150 valence electrons. The summed E-state index contributed by atoms with van der Waals surface area (Å²) in [6.45, 7) is 2.04. The Kier molecular flexibility index (Phi) is 5.80. The fourth-order valence-electron chi connectivity index (χ4n) is 3.16. The van der Waals surface area contributed by atoms with Crippen LogP contribution in [0.1, 0.15) is 30.3 Å². The fraction of sp³-hybridized carbons (Fsp3) is 0.389. The largest absolute Gasteiger partial charge is 0.348 e. The number of amides is 2. The highest BCUT2D eigenvalue weighted by Crippen LogP contribution is 2.22. The zero-order chi connectivity index (χ0) is 20.3. The Morgan fingerprint density at radius 2 is 1.75 bits per heavy atom. The van der Waals surface area contributed by atoms with Crippen LogP contribution in [0.25, 0.3) is 0 Å². The maximum Gasteiger partial charge on any atom is 0.269 e. The van der Waals surface area contributed by atoms with Crippen molar-refractivity contribution in [2.24, 2.45) is 7.05 Å². The summed E-state index contributed by atoms with van der Waals surface area (Å²) < 4.78 is 28.6. The first-order valence-electron chi connectivity index (χ1n) is 8.94. The molecule has 1 saturated heterocycles. The van der Waals surface area contributed by atoms with Crippen LogP contribution in [0.3, 0.4) is 0 Å². The van der Waals surface area contributed by atoms with Crippen molar-refractivity contribution in [3.8, 4) is 0 Å². The van der Waals surface area contributed by atoms with Gasteiger partial charge in [-0.05, 0) is 43.2 Å². The monoisotopic (exact) mass is 405 g/mol. The summed E-state index contributed by atoms with van der Waals surface area (Å²) in [4.78, 5) is 23.5. The van der Waals surface area contributed by atoms with Gasteiger partial charge in [0.05, 0.1) is 4.90 Å². The van der Waals surface area contributed by atoms with E-state index in [9.17, 15) is 18.0 Å². The normalized spacial score (nSPS) is 15.9. The van der Waals surface area contributed by atoms with E-state index in [0.717, 1.165) is 0 Å². The van der Waals surface area contributed by atoms with Gasteiger partial charge in [-0.2, -0.15) is 9.40 Å². The number of carbonyl (C=O) groups excluding carboxylic acids is 2. The average Bonchev–Trinajstić information content (AvgIpc) is 3.08. The van der Waals surface area contributed by atoms with Gasteiger partial charge in [0.2, 0.25) is 15.9 Å². The van der Waals surface area contributed by atoms with Crippen molar-refractivity contribution in [3.05, 3.63) is 42.2 Å².